The Hall–Kier alpha value is -0.180. The zero-order chi connectivity index (χ0) is 10.8. The van der Waals surface area contributed by atoms with Gasteiger partial charge in [0.2, 0.25) is 0 Å². The Bertz CT molecular complexity index is 252. The number of amidine groups is 1. The first-order chi connectivity index (χ1) is 7.16. The highest BCUT2D eigenvalue weighted by Crippen LogP contribution is 2.34. The molecule has 2 fully saturated rings. The Morgan fingerprint density at radius 1 is 1.20 bits per heavy atom. The summed E-state index contributed by atoms with van der Waals surface area (Å²) < 4.78 is 0. The normalized spacial score (nSPS) is 44.3. The third-order valence-electron chi connectivity index (χ3n) is 3.86. The fourth-order valence-electron chi connectivity index (χ4n) is 2.40. The number of thioether (sulfide) groups is 1. The van der Waals surface area contributed by atoms with E-state index in [1.54, 1.807) is 0 Å². The molecule has 2 nitrogen and oxygen atoms in total. The van der Waals surface area contributed by atoms with Gasteiger partial charge in [0.1, 0.15) is 0 Å². The first-order valence-electron chi connectivity index (χ1n) is 6.14. The van der Waals surface area contributed by atoms with Crippen LogP contribution in [-0.4, -0.2) is 23.0 Å². The standard InChI is InChI=1S/C12H22N2S/c1-8-4-5-11(10(8)3)14-12-13-9(2)6-7-15-12/h8-11H,4-7H2,1-3H3,(H,13,14). The minimum atomic E-state index is 0.570. The molecule has 4 atom stereocenters. The molecule has 0 radical (unpaired) electrons. The van der Waals surface area contributed by atoms with Crippen molar-refractivity contribution >= 4 is 16.9 Å². The Morgan fingerprint density at radius 2 is 2.00 bits per heavy atom. The summed E-state index contributed by atoms with van der Waals surface area (Å²) in [5.74, 6) is 2.84. The molecule has 1 N–H and O–H groups in total. The van der Waals surface area contributed by atoms with Crippen molar-refractivity contribution in [2.75, 3.05) is 5.75 Å². The summed E-state index contributed by atoms with van der Waals surface area (Å²) in [6.07, 6.45) is 3.89. The van der Waals surface area contributed by atoms with Crippen molar-refractivity contribution in [3.63, 3.8) is 0 Å². The highest BCUT2D eigenvalue weighted by atomic mass is 32.2. The highest BCUT2D eigenvalue weighted by molar-refractivity contribution is 8.13. The molecule has 1 saturated heterocycles. The van der Waals surface area contributed by atoms with Gasteiger partial charge in [-0.05, 0) is 38.0 Å². The molecule has 1 aliphatic carbocycles. The van der Waals surface area contributed by atoms with Crippen molar-refractivity contribution < 1.29 is 0 Å². The molecule has 0 aromatic heterocycles. The molecule has 0 aromatic rings. The summed E-state index contributed by atoms with van der Waals surface area (Å²) in [4.78, 5) is 4.89. The van der Waals surface area contributed by atoms with Crippen molar-refractivity contribution in [1.29, 1.82) is 0 Å². The lowest BCUT2D eigenvalue weighted by molar-refractivity contribution is 0.423. The van der Waals surface area contributed by atoms with Crippen molar-refractivity contribution in [3.05, 3.63) is 0 Å². The van der Waals surface area contributed by atoms with E-state index in [1.807, 2.05) is 11.8 Å². The highest BCUT2D eigenvalue weighted by Gasteiger charge is 2.30. The SMILES string of the molecule is CC1CCSC(=NC2CCC(C)C2C)N1. The number of nitrogens with zero attached hydrogens (tertiary/aromatic N) is 1. The Labute approximate surface area is 97.3 Å². The lowest BCUT2D eigenvalue weighted by Gasteiger charge is -2.24. The lowest BCUT2D eigenvalue weighted by atomic mass is 9.98. The van der Waals surface area contributed by atoms with Gasteiger partial charge in [0.25, 0.3) is 0 Å². The fraction of sp³-hybridized carbons (Fsp3) is 0.917. The lowest BCUT2D eigenvalue weighted by Crippen LogP contribution is -2.36. The van der Waals surface area contributed by atoms with Crippen LogP contribution in [0.2, 0.25) is 0 Å². The average Bonchev–Trinajstić information content (AvgIpc) is 2.50. The molecule has 3 heteroatoms. The van der Waals surface area contributed by atoms with Crippen molar-refractivity contribution in [1.82, 2.24) is 5.32 Å². The minimum Gasteiger partial charge on any atom is -0.362 e. The van der Waals surface area contributed by atoms with Crippen molar-refractivity contribution in [3.8, 4) is 0 Å². The van der Waals surface area contributed by atoms with E-state index in [1.165, 1.54) is 30.2 Å². The molecule has 15 heavy (non-hydrogen) atoms. The zero-order valence-electron chi connectivity index (χ0n) is 9.99. The Kier molecular flexibility index (Phi) is 3.60. The second kappa shape index (κ2) is 4.77. The third kappa shape index (κ3) is 2.68. The number of hydrogen-bond donors (Lipinski definition) is 1. The molecule has 0 aromatic carbocycles. The first-order valence-corrected chi connectivity index (χ1v) is 7.12. The van der Waals surface area contributed by atoms with Crippen LogP contribution < -0.4 is 5.32 Å². The van der Waals surface area contributed by atoms with Gasteiger partial charge in [0.05, 0.1) is 6.04 Å². The topological polar surface area (TPSA) is 24.4 Å². The molecule has 86 valence electrons. The van der Waals surface area contributed by atoms with E-state index in [2.05, 4.69) is 26.1 Å². The van der Waals surface area contributed by atoms with E-state index in [4.69, 9.17) is 4.99 Å². The number of rotatable bonds is 1. The van der Waals surface area contributed by atoms with E-state index >= 15 is 0 Å². The van der Waals surface area contributed by atoms with Gasteiger partial charge in [-0.2, -0.15) is 0 Å². The van der Waals surface area contributed by atoms with E-state index in [-0.39, 0.29) is 0 Å². The Morgan fingerprint density at radius 3 is 2.60 bits per heavy atom. The molecular formula is C12H22N2S. The van der Waals surface area contributed by atoms with Crippen LogP contribution >= 0.6 is 11.8 Å². The number of nitrogens with one attached hydrogen (secondary N) is 1. The molecule has 1 aliphatic heterocycles. The number of hydrogen-bond acceptors (Lipinski definition) is 2. The van der Waals surface area contributed by atoms with Crippen LogP contribution in [0.4, 0.5) is 0 Å². The molecule has 1 heterocycles. The van der Waals surface area contributed by atoms with Gasteiger partial charge in [-0.3, -0.25) is 4.99 Å². The molecule has 1 saturated carbocycles. The summed E-state index contributed by atoms with van der Waals surface area (Å²) >= 11 is 1.90. The first kappa shape index (κ1) is 11.3. The molecule has 0 bridgehead atoms. The van der Waals surface area contributed by atoms with Gasteiger partial charge in [-0.25, -0.2) is 0 Å². The van der Waals surface area contributed by atoms with Crippen LogP contribution in [0.5, 0.6) is 0 Å². The second-order valence-electron chi connectivity index (χ2n) is 5.10. The smallest absolute Gasteiger partial charge is 0.157 e. The van der Waals surface area contributed by atoms with Crippen LogP contribution in [0, 0.1) is 11.8 Å². The van der Waals surface area contributed by atoms with Crippen LogP contribution in [0.25, 0.3) is 0 Å². The van der Waals surface area contributed by atoms with Gasteiger partial charge in [-0.1, -0.05) is 25.6 Å². The average molecular weight is 226 g/mol. The van der Waals surface area contributed by atoms with Crippen LogP contribution in [0.15, 0.2) is 4.99 Å². The maximum Gasteiger partial charge on any atom is 0.157 e. The molecular weight excluding hydrogens is 204 g/mol. The zero-order valence-corrected chi connectivity index (χ0v) is 10.8. The summed E-state index contributed by atoms with van der Waals surface area (Å²) in [6.45, 7) is 6.95. The molecule has 2 rings (SSSR count). The van der Waals surface area contributed by atoms with Gasteiger partial charge in [0, 0.05) is 11.8 Å². The third-order valence-corrected chi connectivity index (χ3v) is 4.80. The predicted octanol–water partition coefficient (Wildman–Crippen LogP) is 2.89. The second-order valence-corrected chi connectivity index (χ2v) is 6.18. The molecule has 0 spiro atoms. The summed E-state index contributed by atoms with van der Waals surface area (Å²) in [7, 11) is 0. The monoisotopic (exact) mass is 226 g/mol. The summed E-state index contributed by atoms with van der Waals surface area (Å²) in [5.41, 5.74) is 0. The summed E-state index contributed by atoms with van der Waals surface area (Å²) in [6, 6.07) is 1.18. The quantitative estimate of drug-likeness (QED) is 0.743. The van der Waals surface area contributed by atoms with Crippen molar-refractivity contribution in [2.24, 2.45) is 16.8 Å². The van der Waals surface area contributed by atoms with Crippen LogP contribution in [-0.2, 0) is 0 Å². The fourth-order valence-corrected chi connectivity index (χ4v) is 3.56. The number of aliphatic imine (C=N–C) groups is 1. The van der Waals surface area contributed by atoms with E-state index < -0.39 is 0 Å². The molecule has 2 aliphatic rings. The Balaban J connectivity index is 1.97. The van der Waals surface area contributed by atoms with E-state index in [0.29, 0.717) is 12.1 Å². The molecule has 0 amide bonds. The molecule has 4 unspecified atom stereocenters. The van der Waals surface area contributed by atoms with Gasteiger partial charge >= 0.3 is 0 Å². The maximum atomic E-state index is 4.89. The predicted molar refractivity (Wildman–Crippen MR) is 68.5 cm³/mol. The van der Waals surface area contributed by atoms with Crippen LogP contribution in [0.1, 0.15) is 40.0 Å². The van der Waals surface area contributed by atoms with Gasteiger partial charge in [-0.15, -0.1) is 0 Å². The van der Waals surface area contributed by atoms with E-state index in [0.717, 1.165) is 11.8 Å². The van der Waals surface area contributed by atoms with E-state index in [9.17, 15) is 0 Å². The maximum absolute atomic E-state index is 4.89. The largest absolute Gasteiger partial charge is 0.362 e. The van der Waals surface area contributed by atoms with Gasteiger partial charge in [0.15, 0.2) is 5.17 Å². The van der Waals surface area contributed by atoms with Gasteiger partial charge < -0.3 is 5.32 Å². The minimum absolute atomic E-state index is 0.570. The summed E-state index contributed by atoms with van der Waals surface area (Å²) in [5, 5.41) is 4.69. The van der Waals surface area contributed by atoms with Crippen molar-refractivity contribution in [2.45, 2.75) is 52.1 Å². The van der Waals surface area contributed by atoms with Crippen LogP contribution in [0.3, 0.4) is 0 Å².